The summed E-state index contributed by atoms with van der Waals surface area (Å²) in [5.74, 6) is 0.626. The van der Waals surface area contributed by atoms with Gasteiger partial charge in [0.2, 0.25) is 5.91 Å². The molecule has 110 valence electrons. The van der Waals surface area contributed by atoms with Gasteiger partial charge in [-0.25, -0.2) is 0 Å². The van der Waals surface area contributed by atoms with Crippen LogP contribution >= 0.6 is 0 Å². The van der Waals surface area contributed by atoms with Crippen LogP contribution in [0.3, 0.4) is 0 Å². The first kappa shape index (κ1) is 14.8. The summed E-state index contributed by atoms with van der Waals surface area (Å²) < 4.78 is 0. The molecule has 4 heteroatoms. The second-order valence-corrected chi connectivity index (χ2v) is 6.53. The van der Waals surface area contributed by atoms with Crippen molar-refractivity contribution in [1.29, 1.82) is 0 Å². The number of nitrogens with zero attached hydrogens (tertiary/aromatic N) is 1. The summed E-state index contributed by atoms with van der Waals surface area (Å²) in [6.45, 7) is 9.28. The Balaban J connectivity index is 1.66. The number of amides is 1. The van der Waals surface area contributed by atoms with Crippen molar-refractivity contribution in [3.05, 3.63) is 0 Å². The highest BCUT2D eigenvalue weighted by Crippen LogP contribution is 2.26. The molecule has 2 heterocycles. The quantitative estimate of drug-likeness (QED) is 0.790. The molecule has 2 aliphatic heterocycles. The predicted molar refractivity (Wildman–Crippen MR) is 78.1 cm³/mol. The topological polar surface area (TPSA) is 44.4 Å². The number of hydrogen-bond donors (Lipinski definition) is 2. The fourth-order valence-electron chi connectivity index (χ4n) is 3.12. The molecule has 0 aromatic heterocycles. The predicted octanol–water partition coefficient (Wildman–Crippen LogP) is 1.36. The standard InChI is InChI=1S/C15H29N3O/c1-11(2)12(3)17-15(19)10-16-13-6-8-18-7-4-5-14(18)9-13/h11-14,16H,4-10H2,1-3H3,(H,17,19). The fourth-order valence-corrected chi connectivity index (χ4v) is 3.12. The summed E-state index contributed by atoms with van der Waals surface area (Å²) in [5.41, 5.74) is 0. The molecule has 0 aliphatic carbocycles. The maximum absolute atomic E-state index is 11.8. The number of nitrogens with one attached hydrogen (secondary N) is 2. The van der Waals surface area contributed by atoms with Gasteiger partial charge in [0.1, 0.15) is 0 Å². The van der Waals surface area contributed by atoms with Crippen LogP contribution in [0, 0.1) is 5.92 Å². The smallest absolute Gasteiger partial charge is 0.234 e. The van der Waals surface area contributed by atoms with Crippen molar-refractivity contribution in [3.63, 3.8) is 0 Å². The molecule has 3 atom stereocenters. The first-order valence-corrected chi connectivity index (χ1v) is 7.83. The largest absolute Gasteiger partial charge is 0.352 e. The van der Waals surface area contributed by atoms with Gasteiger partial charge in [0.15, 0.2) is 0 Å². The molecule has 2 rings (SSSR count). The van der Waals surface area contributed by atoms with Crippen LogP contribution in [0.15, 0.2) is 0 Å². The minimum Gasteiger partial charge on any atom is -0.352 e. The Morgan fingerprint density at radius 2 is 2.05 bits per heavy atom. The van der Waals surface area contributed by atoms with Crippen molar-refractivity contribution in [3.8, 4) is 0 Å². The summed E-state index contributed by atoms with van der Waals surface area (Å²) in [5, 5.41) is 6.49. The molecule has 0 radical (unpaired) electrons. The van der Waals surface area contributed by atoms with E-state index in [1.807, 2.05) is 0 Å². The molecular weight excluding hydrogens is 238 g/mol. The first-order chi connectivity index (χ1) is 9.06. The van der Waals surface area contributed by atoms with E-state index in [1.165, 1.54) is 38.8 Å². The van der Waals surface area contributed by atoms with Crippen molar-refractivity contribution in [2.24, 2.45) is 5.92 Å². The van der Waals surface area contributed by atoms with Gasteiger partial charge in [-0.05, 0) is 51.6 Å². The van der Waals surface area contributed by atoms with Gasteiger partial charge in [-0.3, -0.25) is 4.79 Å². The molecule has 2 fully saturated rings. The van der Waals surface area contributed by atoms with Crippen LogP contribution in [-0.4, -0.2) is 48.6 Å². The highest BCUT2D eigenvalue weighted by atomic mass is 16.1. The van der Waals surface area contributed by atoms with E-state index in [2.05, 4.69) is 36.3 Å². The van der Waals surface area contributed by atoms with E-state index in [4.69, 9.17) is 0 Å². The molecule has 2 saturated heterocycles. The molecule has 0 aromatic carbocycles. The van der Waals surface area contributed by atoms with Gasteiger partial charge in [0, 0.05) is 18.1 Å². The average molecular weight is 267 g/mol. The molecule has 19 heavy (non-hydrogen) atoms. The van der Waals surface area contributed by atoms with E-state index in [9.17, 15) is 4.79 Å². The minimum atomic E-state index is 0.134. The second-order valence-electron chi connectivity index (χ2n) is 6.53. The van der Waals surface area contributed by atoms with Gasteiger partial charge in [0.05, 0.1) is 6.54 Å². The molecule has 0 bridgehead atoms. The Morgan fingerprint density at radius 1 is 1.26 bits per heavy atom. The monoisotopic (exact) mass is 267 g/mol. The third-order valence-electron chi connectivity index (χ3n) is 4.76. The third kappa shape index (κ3) is 4.18. The highest BCUT2D eigenvalue weighted by molar-refractivity contribution is 5.78. The van der Waals surface area contributed by atoms with E-state index >= 15 is 0 Å². The molecule has 2 aliphatic rings. The Kier molecular flexibility index (Phi) is 5.22. The number of fused-ring (bicyclic) bond motifs is 1. The van der Waals surface area contributed by atoms with Gasteiger partial charge < -0.3 is 15.5 Å². The zero-order chi connectivity index (χ0) is 13.8. The maximum atomic E-state index is 11.8. The molecule has 2 N–H and O–H groups in total. The lowest BCUT2D eigenvalue weighted by Gasteiger charge is -2.35. The van der Waals surface area contributed by atoms with E-state index in [0.717, 1.165) is 6.04 Å². The Morgan fingerprint density at radius 3 is 2.79 bits per heavy atom. The lowest BCUT2D eigenvalue weighted by Crippen LogP contribution is -2.49. The van der Waals surface area contributed by atoms with Crippen molar-refractivity contribution in [1.82, 2.24) is 15.5 Å². The molecular formula is C15H29N3O. The van der Waals surface area contributed by atoms with E-state index in [0.29, 0.717) is 18.5 Å². The van der Waals surface area contributed by atoms with Crippen molar-refractivity contribution < 1.29 is 4.79 Å². The van der Waals surface area contributed by atoms with E-state index in [-0.39, 0.29) is 11.9 Å². The third-order valence-corrected chi connectivity index (χ3v) is 4.76. The normalized spacial score (nSPS) is 29.3. The molecule has 0 spiro atoms. The van der Waals surface area contributed by atoms with Crippen molar-refractivity contribution in [2.45, 2.75) is 64.6 Å². The van der Waals surface area contributed by atoms with Gasteiger partial charge in [-0.1, -0.05) is 13.8 Å². The molecule has 0 aromatic rings. The number of carbonyl (C=O) groups excluding carboxylic acids is 1. The maximum Gasteiger partial charge on any atom is 0.234 e. The fraction of sp³-hybridized carbons (Fsp3) is 0.933. The highest BCUT2D eigenvalue weighted by Gasteiger charge is 2.31. The number of carbonyl (C=O) groups is 1. The van der Waals surface area contributed by atoms with Gasteiger partial charge in [-0.2, -0.15) is 0 Å². The Labute approximate surface area is 117 Å². The Bertz CT molecular complexity index is 306. The molecule has 4 nitrogen and oxygen atoms in total. The van der Waals surface area contributed by atoms with Crippen molar-refractivity contribution in [2.75, 3.05) is 19.6 Å². The van der Waals surface area contributed by atoms with Crippen LogP contribution in [0.5, 0.6) is 0 Å². The van der Waals surface area contributed by atoms with Crippen LogP contribution in [-0.2, 0) is 4.79 Å². The van der Waals surface area contributed by atoms with Gasteiger partial charge >= 0.3 is 0 Å². The summed E-state index contributed by atoms with van der Waals surface area (Å²) in [4.78, 5) is 14.5. The lowest BCUT2D eigenvalue weighted by atomic mass is 9.97. The zero-order valence-corrected chi connectivity index (χ0v) is 12.6. The summed E-state index contributed by atoms with van der Waals surface area (Å²) in [6.07, 6.45) is 5.09. The summed E-state index contributed by atoms with van der Waals surface area (Å²) in [7, 11) is 0. The van der Waals surface area contributed by atoms with Crippen LogP contribution in [0.1, 0.15) is 46.5 Å². The number of piperidine rings is 1. The zero-order valence-electron chi connectivity index (χ0n) is 12.6. The van der Waals surface area contributed by atoms with Crippen LogP contribution in [0.25, 0.3) is 0 Å². The number of rotatable bonds is 5. The van der Waals surface area contributed by atoms with Crippen LogP contribution < -0.4 is 10.6 Å². The van der Waals surface area contributed by atoms with E-state index in [1.54, 1.807) is 0 Å². The second kappa shape index (κ2) is 6.71. The van der Waals surface area contributed by atoms with E-state index < -0.39 is 0 Å². The first-order valence-electron chi connectivity index (χ1n) is 7.83. The summed E-state index contributed by atoms with van der Waals surface area (Å²) in [6, 6.07) is 1.55. The SMILES string of the molecule is CC(C)C(C)NC(=O)CNC1CCN2CCCC2C1. The summed E-state index contributed by atoms with van der Waals surface area (Å²) >= 11 is 0. The van der Waals surface area contributed by atoms with Crippen LogP contribution in [0.2, 0.25) is 0 Å². The lowest BCUT2D eigenvalue weighted by molar-refractivity contribution is -0.121. The van der Waals surface area contributed by atoms with Gasteiger partial charge in [0.25, 0.3) is 0 Å². The van der Waals surface area contributed by atoms with Crippen LogP contribution in [0.4, 0.5) is 0 Å². The van der Waals surface area contributed by atoms with Crippen molar-refractivity contribution >= 4 is 5.91 Å². The molecule has 0 saturated carbocycles. The number of hydrogen-bond acceptors (Lipinski definition) is 3. The minimum absolute atomic E-state index is 0.134. The van der Waals surface area contributed by atoms with Gasteiger partial charge in [-0.15, -0.1) is 0 Å². The average Bonchev–Trinajstić information content (AvgIpc) is 2.83. The molecule has 1 amide bonds. The Hall–Kier alpha value is -0.610. The molecule has 3 unspecified atom stereocenters.